The number of hydrogen-bond donors (Lipinski definition) is 1. The van der Waals surface area contributed by atoms with Crippen LogP contribution in [0.1, 0.15) is 41.3 Å². The van der Waals surface area contributed by atoms with E-state index in [1.807, 2.05) is 36.4 Å². The Bertz CT molecular complexity index is 1290. The number of amides is 1. The number of nitrogens with one attached hydrogen (secondary N) is 1. The van der Waals surface area contributed by atoms with Gasteiger partial charge in [0.2, 0.25) is 0 Å². The largest absolute Gasteiger partial charge is 0.321 e. The topological polar surface area (TPSA) is 90.5 Å². The van der Waals surface area contributed by atoms with Gasteiger partial charge in [0, 0.05) is 29.2 Å². The van der Waals surface area contributed by atoms with Crippen molar-refractivity contribution in [3.8, 4) is 17.1 Å². The van der Waals surface area contributed by atoms with Gasteiger partial charge >= 0.3 is 0 Å². The fraction of sp³-hybridized carbons (Fsp3) is 0.261. The third-order valence-corrected chi connectivity index (χ3v) is 5.76. The van der Waals surface area contributed by atoms with Crippen molar-refractivity contribution in [3.63, 3.8) is 0 Å². The maximum atomic E-state index is 12.9. The van der Waals surface area contributed by atoms with Gasteiger partial charge in [0.05, 0.1) is 11.4 Å². The summed E-state index contributed by atoms with van der Waals surface area (Å²) in [6.07, 6.45) is 4.42. The van der Waals surface area contributed by atoms with Crippen LogP contribution in [0.3, 0.4) is 0 Å². The Kier molecular flexibility index (Phi) is 5.45. The molecule has 162 valence electrons. The van der Waals surface area contributed by atoms with Crippen LogP contribution in [0.4, 0.5) is 5.69 Å². The second kappa shape index (κ2) is 8.55. The quantitative estimate of drug-likeness (QED) is 0.498. The predicted molar refractivity (Wildman–Crippen MR) is 122 cm³/mol. The van der Waals surface area contributed by atoms with Gasteiger partial charge in [0.25, 0.3) is 5.91 Å². The third kappa shape index (κ3) is 4.01. The highest BCUT2D eigenvalue weighted by atomic mass is 35.5. The van der Waals surface area contributed by atoms with E-state index in [9.17, 15) is 4.79 Å². The molecular weight excluding hydrogens is 426 g/mol. The minimum absolute atomic E-state index is 0.256. The van der Waals surface area contributed by atoms with Crippen LogP contribution in [0.25, 0.3) is 17.1 Å². The number of aryl methyl sites for hydroxylation is 2. The number of halogens is 1. The van der Waals surface area contributed by atoms with E-state index in [0.717, 1.165) is 43.0 Å². The molecule has 0 radical (unpaired) electrons. The molecule has 1 aliphatic rings. The number of rotatable bonds is 4. The molecule has 3 heterocycles. The summed E-state index contributed by atoms with van der Waals surface area (Å²) in [5, 5.41) is 21.0. The van der Waals surface area contributed by atoms with E-state index < -0.39 is 0 Å². The highest BCUT2D eigenvalue weighted by Crippen LogP contribution is 2.25. The van der Waals surface area contributed by atoms with Gasteiger partial charge < -0.3 is 9.88 Å². The van der Waals surface area contributed by atoms with Crippen molar-refractivity contribution in [3.05, 3.63) is 70.8 Å². The molecule has 1 aliphatic heterocycles. The normalized spacial score (nSPS) is 13.4. The molecule has 2 aromatic carbocycles. The number of carbonyl (C=O) groups excluding carboxylic acids is 1. The Morgan fingerprint density at radius 3 is 2.78 bits per heavy atom. The molecule has 5 rings (SSSR count). The summed E-state index contributed by atoms with van der Waals surface area (Å²) < 4.78 is 2.19. The number of hydrogen-bond acceptors (Lipinski definition) is 5. The third-order valence-electron chi connectivity index (χ3n) is 5.52. The first-order valence-corrected chi connectivity index (χ1v) is 11.0. The van der Waals surface area contributed by atoms with Crippen LogP contribution in [0.5, 0.6) is 0 Å². The molecule has 4 aromatic rings. The Labute approximate surface area is 190 Å². The zero-order chi connectivity index (χ0) is 22.1. The van der Waals surface area contributed by atoms with Gasteiger partial charge in [-0.25, -0.2) is 0 Å². The summed E-state index contributed by atoms with van der Waals surface area (Å²) in [6.45, 7) is 2.67. The summed E-state index contributed by atoms with van der Waals surface area (Å²) in [7, 11) is 0. The van der Waals surface area contributed by atoms with Crippen molar-refractivity contribution in [2.75, 3.05) is 5.32 Å². The fourth-order valence-electron chi connectivity index (χ4n) is 3.93. The highest BCUT2D eigenvalue weighted by molar-refractivity contribution is 6.30. The van der Waals surface area contributed by atoms with Crippen molar-refractivity contribution in [2.24, 2.45) is 0 Å². The van der Waals surface area contributed by atoms with E-state index in [4.69, 9.17) is 11.6 Å². The predicted octanol–water partition coefficient (Wildman–Crippen LogP) is 4.47. The second-order valence-electron chi connectivity index (χ2n) is 7.84. The van der Waals surface area contributed by atoms with E-state index in [1.54, 1.807) is 19.1 Å². The average Bonchev–Trinajstić information content (AvgIpc) is 3.30. The van der Waals surface area contributed by atoms with E-state index >= 15 is 0 Å². The highest BCUT2D eigenvalue weighted by Gasteiger charge is 2.19. The summed E-state index contributed by atoms with van der Waals surface area (Å²) in [5.74, 6) is 1.54. The molecule has 32 heavy (non-hydrogen) atoms. The maximum absolute atomic E-state index is 12.9. The lowest BCUT2D eigenvalue weighted by atomic mass is 10.1. The monoisotopic (exact) mass is 447 g/mol. The smallest absolute Gasteiger partial charge is 0.278 e. The van der Waals surface area contributed by atoms with Crippen molar-refractivity contribution in [1.82, 2.24) is 29.8 Å². The molecule has 0 unspecified atom stereocenters. The van der Waals surface area contributed by atoms with Crippen molar-refractivity contribution >= 4 is 23.2 Å². The molecule has 0 bridgehead atoms. The van der Waals surface area contributed by atoms with Gasteiger partial charge in [0.1, 0.15) is 5.82 Å². The molecule has 0 saturated heterocycles. The summed E-state index contributed by atoms with van der Waals surface area (Å²) in [4.78, 5) is 14.4. The molecule has 2 aromatic heterocycles. The van der Waals surface area contributed by atoms with Gasteiger partial charge in [-0.3, -0.25) is 4.79 Å². The SMILES string of the molecule is Cc1nn(-c2cccc(Cl)c2)nc1C(=O)Nc1cccc(-c2nnc3n2CCCCC3)c1. The number of anilines is 1. The first kappa shape index (κ1) is 20.4. The van der Waals surface area contributed by atoms with Gasteiger partial charge in [-0.15, -0.1) is 15.3 Å². The fourth-order valence-corrected chi connectivity index (χ4v) is 4.11. The van der Waals surface area contributed by atoms with Gasteiger partial charge in [-0.1, -0.05) is 36.2 Å². The average molecular weight is 448 g/mol. The van der Waals surface area contributed by atoms with Crippen molar-refractivity contribution < 1.29 is 4.79 Å². The standard InChI is InChI=1S/C23H22ClN7O/c1-15-21(29-31(28-15)19-10-6-8-17(24)14-19)23(32)25-18-9-5-7-16(13-18)22-27-26-20-11-3-2-4-12-30(20)22/h5-10,13-14H,2-4,11-12H2,1H3,(H,25,32). The summed E-state index contributed by atoms with van der Waals surface area (Å²) in [5.41, 5.74) is 3.06. The molecule has 0 atom stereocenters. The number of carbonyl (C=O) groups is 1. The Morgan fingerprint density at radius 1 is 1.03 bits per heavy atom. The van der Waals surface area contributed by atoms with Crippen LogP contribution in [0.15, 0.2) is 48.5 Å². The lowest BCUT2D eigenvalue weighted by molar-refractivity contribution is 0.102. The first-order valence-electron chi connectivity index (χ1n) is 10.6. The van der Waals surface area contributed by atoms with Crippen LogP contribution < -0.4 is 5.32 Å². The zero-order valence-corrected chi connectivity index (χ0v) is 18.4. The lowest BCUT2D eigenvalue weighted by Crippen LogP contribution is -2.14. The Morgan fingerprint density at radius 2 is 1.91 bits per heavy atom. The molecule has 0 spiro atoms. The van der Waals surface area contributed by atoms with Gasteiger partial charge in [-0.2, -0.15) is 9.90 Å². The molecule has 0 fully saturated rings. The molecule has 1 amide bonds. The Balaban J connectivity index is 1.39. The van der Waals surface area contributed by atoms with Crippen molar-refractivity contribution in [2.45, 2.75) is 39.2 Å². The zero-order valence-electron chi connectivity index (χ0n) is 17.6. The minimum Gasteiger partial charge on any atom is -0.321 e. The lowest BCUT2D eigenvalue weighted by Gasteiger charge is -2.09. The number of fused-ring (bicyclic) bond motifs is 1. The van der Waals surface area contributed by atoms with Crippen LogP contribution in [-0.4, -0.2) is 35.7 Å². The number of aromatic nitrogens is 6. The van der Waals surface area contributed by atoms with Crippen LogP contribution in [-0.2, 0) is 13.0 Å². The summed E-state index contributed by atoms with van der Waals surface area (Å²) >= 11 is 6.06. The van der Waals surface area contributed by atoms with Crippen molar-refractivity contribution in [1.29, 1.82) is 0 Å². The Hall–Kier alpha value is -3.52. The first-order chi connectivity index (χ1) is 15.6. The van der Waals surface area contributed by atoms with E-state index in [-0.39, 0.29) is 11.6 Å². The molecule has 1 N–H and O–H groups in total. The molecule has 8 nitrogen and oxygen atoms in total. The number of nitrogens with zero attached hydrogens (tertiary/aromatic N) is 6. The van der Waals surface area contributed by atoms with E-state index in [1.165, 1.54) is 11.2 Å². The van der Waals surface area contributed by atoms with Crippen LogP contribution in [0, 0.1) is 6.92 Å². The van der Waals surface area contributed by atoms with Gasteiger partial charge in [0.15, 0.2) is 11.5 Å². The molecule has 9 heteroatoms. The molecule has 0 saturated carbocycles. The molecule has 0 aliphatic carbocycles. The van der Waals surface area contributed by atoms with Crippen LogP contribution >= 0.6 is 11.6 Å². The minimum atomic E-state index is -0.326. The van der Waals surface area contributed by atoms with Crippen LogP contribution in [0.2, 0.25) is 5.02 Å². The summed E-state index contributed by atoms with van der Waals surface area (Å²) in [6, 6.07) is 14.8. The van der Waals surface area contributed by atoms with E-state index in [2.05, 4.69) is 30.3 Å². The van der Waals surface area contributed by atoms with E-state index in [0.29, 0.717) is 22.1 Å². The molecular formula is C23H22ClN7O. The second-order valence-corrected chi connectivity index (χ2v) is 8.28. The van der Waals surface area contributed by atoms with Gasteiger partial charge in [-0.05, 0) is 50.1 Å². The number of benzene rings is 2. The maximum Gasteiger partial charge on any atom is 0.278 e.